The van der Waals surface area contributed by atoms with E-state index in [1.54, 1.807) is 16.2 Å². The van der Waals surface area contributed by atoms with Crippen LogP contribution < -0.4 is 5.32 Å². The smallest absolute Gasteiger partial charge is 0.318 e. The zero-order valence-electron chi connectivity index (χ0n) is 13.6. The number of amides is 2. The summed E-state index contributed by atoms with van der Waals surface area (Å²) in [5, 5.41) is 6.97. The van der Waals surface area contributed by atoms with Crippen LogP contribution >= 0.6 is 11.3 Å². The van der Waals surface area contributed by atoms with Gasteiger partial charge in [-0.25, -0.2) is 4.79 Å². The summed E-state index contributed by atoms with van der Waals surface area (Å²) in [6.07, 6.45) is -0.0362. The average Bonchev–Trinajstić information content (AvgIpc) is 3.13. The molecule has 0 radical (unpaired) electrons. The highest BCUT2D eigenvalue weighted by Crippen LogP contribution is 2.26. The summed E-state index contributed by atoms with van der Waals surface area (Å²) in [5.74, 6) is 6.02. The lowest BCUT2D eigenvalue weighted by Crippen LogP contribution is -2.49. The molecule has 1 saturated heterocycles. The second kappa shape index (κ2) is 8.00. The van der Waals surface area contributed by atoms with Gasteiger partial charge in [0.1, 0.15) is 6.10 Å². The summed E-state index contributed by atoms with van der Waals surface area (Å²) in [6.45, 7) is 3.49. The van der Waals surface area contributed by atoms with Gasteiger partial charge in [0, 0.05) is 12.1 Å². The Morgan fingerprint density at radius 1 is 1.33 bits per heavy atom. The summed E-state index contributed by atoms with van der Waals surface area (Å²) in [7, 11) is 0. The van der Waals surface area contributed by atoms with Crippen molar-refractivity contribution >= 4 is 17.4 Å². The van der Waals surface area contributed by atoms with Crippen molar-refractivity contribution in [2.45, 2.75) is 19.1 Å². The summed E-state index contributed by atoms with van der Waals surface area (Å²) in [5.41, 5.74) is 2.08. The van der Waals surface area contributed by atoms with Crippen molar-refractivity contribution in [3.8, 4) is 11.8 Å². The fourth-order valence-electron chi connectivity index (χ4n) is 2.66. The van der Waals surface area contributed by atoms with E-state index in [0.29, 0.717) is 19.6 Å². The molecular weight excluding hydrogens is 320 g/mol. The highest BCUT2D eigenvalue weighted by atomic mass is 32.1. The van der Waals surface area contributed by atoms with Crippen LogP contribution in [0.15, 0.2) is 47.2 Å². The Morgan fingerprint density at radius 2 is 2.17 bits per heavy atom. The van der Waals surface area contributed by atoms with Gasteiger partial charge in [-0.15, -0.1) is 0 Å². The number of hydrogen-bond acceptors (Lipinski definition) is 3. The Bertz CT molecular complexity index is 719. The van der Waals surface area contributed by atoms with E-state index in [2.05, 4.69) is 28.6 Å². The quantitative estimate of drug-likeness (QED) is 0.853. The van der Waals surface area contributed by atoms with Gasteiger partial charge in [-0.2, -0.15) is 11.3 Å². The van der Waals surface area contributed by atoms with Crippen molar-refractivity contribution in [3.63, 3.8) is 0 Å². The van der Waals surface area contributed by atoms with E-state index < -0.39 is 0 Å². The third-order valence-corrected chi connectivity index (χ3v) is 4.50. The first-order valence-electron chi connectivity index (χ1n) is 7.96. The third-order valence-electron chi connectivity index (χ3n) is 3.80. The Hall–Kier alpha value is -2.29. The number of rotatable bonds is 2. The molecule has 4 nitrogen and oxygen atoms in total. The zero-order chi connectivity index (χ0) is 16.8. The predicted molar refractivity (Wildman–Crippen MR) is 95.9 cm³/mol. The van der Waals surface area contributed by atoms with Crippen molar-refractivity contribution in [2.24, 2.45) is 0 Å². The van der Waals surface area contributed by atoms with Crippen molar-refractivity contribution in [1.29, 1.82) is 0 Å². The molecule has 1 fully saturated rings. The lowest BCUT2D eigenvalue weighted by atomic mass is 10.1. The van der Waals surface area contributed by atoms with Crippen LogP contribution in [0.2, 0.25) is 0 Å². The van der Waals surface area contributed by atoms with Crippen LogP contribution in [0.25, 0.3) is 0 Å². The van der Waals surface area contributed by atoms with Gasteiger partial charge in [-0.1, -0.05) is 30.0 Å². The Balaban J connectivity index is 1.53. The van der Waals surface area contributed by atoms with E-state index >= 15 is 0 Å². The van der Waals surface area contributed by atoms with E-state index in [0.717, 1.165) is 11.1 Å². The Kier molecular flexibility index (Phi) is 5.52. The van der Waals surface area contributed by atoms with Gasteiger partial charge in [0.15, 0.2) is 0 Å². The molecular formula is C19H20N2O2S. The molecule has 1 N–H and O–H groups in total. The molecule has 1 aliphatic rings. The zero-order valence-corrected chi connectivity index (χ0v) is 14.4. The number of nitrogens with zero attached hydrogens (tertiary/aromatic N) is 1. The molecule has 5 heteroatoms. The lowest BCUT2D eigenvalue weighted by molar-refractivity contribution is -0.0654. The number of morpholine rings is 1. The molecule has 24 heavy (non-hydrogen) atoms. The number of nitrogens with one attached hydrogen (secondary N) is 1. The van der Waals surface area contributed by atoms with Crippen LogP contribution in [-0.2, 0) is 4.74 Å². The molecule has 2 amide bonds. The maximum Gasteiger partial charge on any atom is 0.318 e. The van der Waals surface area contributed by atoms with Gasteiger partial charge in [0.2, 0.25) is 0 Å². The second-order valence-electron chi connectivity index (χ2n) is 5.72. The topological polar surface area (TPSA) is 41.6 Å². The minimum Gasteiger partial charge on any atom is -0.367 e. The molecule has 0 unspecified atom stereocenters. The highest BCUT2D eigenvalue weighted by Gasteiger charge is 2.29. The number of thiophene rings is 1. The van der Waals surface area contributed by atoms with Crippen LogP contribution in [0.5, 0.6) is 0 Å². The fourth-order valence-corrected chi connectivity index (χ4v) is 3.36. The molecule has 2 aromatic rings. The molecule has 124 valence electrons. The van der Waals surface area contributed by atoms with E-state index in [9.17, 15) is 4.79 Å². The number of carbonyl (C=O) groups excluding carboxylic acids is 1. The molecule has 0 aliphatic carbocycles. The molecule has 0 saturated carbocycles. The first-order valence-corrected chi connectivity index (χ1v) is 8.91. The number of benzene rings is 1. The van der Waals surface area contributed by atoms with E-state index in [1.807, 2.05) is 42.6 Å². The number of ether oxygens (including phenoxy) is 1. The number of hydrogen-bond donors (Lipinski definition) is 1. The molecule has 2 heterocycles. The molecule has 1 aromatic heterocycles. The Morgan fingerprint density at radius 3 is 2.92 bits per heavy atom. The largest absolute Gasteiger partial charge is 0.367 e. The molecule has 0 spiro atoms. The summed E-state index contributed by atoms with van der Waals surface area (Å²) < 4.78 is 5.95. The van der Waals surface area contributed by atoms with Crippen LogP contribution in [0.4, 0.5) is 4.79 Å². The van der Waals surface area contributed by atoms with Gasteiger partial charge < -0.3 is 15.0 Å². The first kappa shape index (κ1) is 16.6. The summed E-state index contributed by atoms with van der Waals surface area (Å²) in [6, 6.07) is 11.7. The standard InChI is InChI=1S/C19H20N2O2S/c1-15-12-21(13-18(23-15)17-9-11-24-14-17)19(22)20-10-5-8-16-6-3-2-4-7-16/h2-4,6-7,9,11,14-15,18H,10,12-13H2,1H3,(H,20,22)/t15-,18+/m0/s1. The number of carbonyl (C=O) groups is 1. The molecule has 0 bridgehead atoms. The van der Waals surface area contributed by atoms with Crippen LogP contribution in [0.3, 0.4) is 0 Å². The van der Waals surface area contributed by atoms with E-state index in [-0.39, 0.29) is 18.2 Å². The monoisotopic (exact) mass is 340 g/mol. The minimum atomic E-state index is -0.0901. The molecule has 1 aromatic carbocycles. The minimum absolute atomic E-state index is 0.0183. The summed E-state index contributed by atoms with van der Waals surface area (Å²) in [4.78, 5) is 14.2. The number of urea groups is 1. The predicted octanol–water partition coefficient (Wildman–Crippen LogP) is 3.27. The molecule has 1 aliphatic heterocycles. The van der Waals surface area contributed by atoms with E-state index in [4.69, 9.17) is 4.74 Å². The molecule has 3 rings (SSSR count). The van der Waals surface area contributed by atoms with Crippen molar-refractivity contribution in [1.82, 2.24) is 10.2 Å². The fraction of sp³-hybridized carbons (Fsp3) is 0.316. The van der Waals surface area contributed by atoms with Crippen molar-refractivity contribution in [2.75, 3.05) is 19.6 Å². The van der Waals surface area contributed by atoms with E-state index in [1.165, 1.54) is 0 Å². The van der Waals surface area contributed by atoms with Crippen LogP contribution in [0.1, 0.15) is 24.2 Å². The average molecular weight is 340 g/mol. The molecule has 2 atom stereocenters. The Labute approximate surface area is 146 Å². The van der Waals surface area contributed by atoms with Gasteiger partial charge >= 0.3 is 6.03 Å². The normalized spacial score (nSPS) is 20.1. The lowest BCUT2D eigenvalue weighted by Gasteiger charge is -2.36. The van der Waals surface area contributed by atoms with Gasteiger partial charge in [0.05, 0.1) is 19.2 Å². The van der Waals surface area contributed by atoms with Crippen molar-refractivity contribution in [3.05, 3.63) is 58.3 Å². The first-order chi connectivity index (χ1) is 11.7. The van der Waals surface area contributed by atoms with Gasteiger partial charge in [-0.3, -0.25) is 0 Å². The van der Waals surface area contributed by atoms with Crippen LogP contribution in [0, 0.1) is 11.8 Å². The van der Waals surface area contributed by atoms with Crippen molar-refractivity contribution < 1.29 is 9.53 Å². The maximum atomic E-state index is 12.4. The SMILES string of the molecule is C[C@H]1CN(C(=O)NCC#Cc2ccccc2)C[C@H](c2ccsc2)O1. The second-order valence-corrected chi connectivity index (χ2v) is 6.50. The maximum absolute atomic E-state index is 12.4. The summed E-state index contributed by atoms with van der Waals surface area (Å²) >= 11 is 1.64. The third kappa shape index (κ3) is 4.38. The van der Waals surface area contributed by atoms with Crippen LogP contribution in [-0.4, -0.2) is 36.7 Å². The highest BCUT2D eigenvalue weighted by molar-refractivity contribution is 7.07. The van der Waals surface area contributed by atoms with Gasteiger partial charge in [-0.05, 0) is 41.4 Å². The van der Waals surface area contributed by atoms with Gasteiger partial charge in [0.25, 0.3) is 0 Å².